The second-order valence-corrected chi connectivity index (χ2v) is 4.90. The normalized spacial score (nSPS) is 16.2. The fourth-order valence-electron chi connectivity index (χ4n) is 2.38. The Hall–Kier alpha value is -2.08. The minimum Gasteiger partial charge on any atom is -0.317 e. The Balaban J connectivity index is 1.78. The van der Waals surface area contributed by atoms with Crippen LogP contribution in [-0.2, 0) is 0 Å². The molecule has 5 nitrogen and oxygen atoms in total. The van der Waals surface area contributed by atoms with Crippen LogP contribution in [0.2, 0.25) is 0 Å². The predicted octanol–water partition coefficient (Wildman–Crippen LogP) is 1.57. The van der Waals surface area contributed by atoms with E-state index in [-0.39, 0.29) is 11.6 Å². The highest BCUT2D eigenvalue weighted by atomic mass is 19.1. The average molecular weight is 274 g/mol. The lowest BCUT2D eigenvalue weighted by Gasteiger charge is -2.22. The minimum atomic E-state index is -0.361. The number of hydrogen-bond acceptors (Lipinski definition) is 4. The van der Waals surface area contributed by atoms with Crippen molar-refractivity contribution in [2.24, 2.45) is 0 Å². The fraction of sp³-hybridized carbons (Fsp3) is 0.357. The van der Waals surface area contributed by atoms with E-state index in [1.165, 1.54) is 24.3 Å². The second-order valence-electron chi connectivity index (χ2n) is 4.90. The third-order valence-corrected chi connectivity index (χ3v) is 3.53. The molecule has 1 aromatic heterocycles. The number of hydrogen-bond donors (Lipinski definition) is 1. The molecule has 1 fully saturated rings. The molecule has 1 aromatic carbocycles. The minimum absolute atomic E-state index is 0.231. The Bertz CT molecular complexity index is 602. The topological polar surface area (TPSA) is 59.8 Å². The molecule has 1 aliphatic heterocycles. The zero-order valence-corrected chi connectivity index (χ0v) is 10.9. The lowest BCUT2D eigenvalue weighted by Crippen LogP contribution is -2.29. The van der Waals surface area contributed by atoms with Gasteiger partial charge >= 0.3 is 0 Å². The van der Waals surface area contributed by atoms with E-state index in [2.05, 4.69) is 15.6 Å². The number of nitrogens with zero attached hydrogens (tertiary/aromatic N) is 3. The van der Waals surface area contributed by atoms with Crippen molar-refractivity contribution in [1.29, 1.82) is 0 Å². The van der Waals surface area contributed by atoms with Crippen molar-refractivity contribution in [2.75, 3.05) is 13.1 Å². The van der Waals surface area contributed by atoms with E-state index in [4.69, 9.17) is 0 Å². The molecule has 1 aliphatic rings. The molecule has 3 rings (SSSR count). The molecular weight excluding hydrogens is 259 g/mol. The zero-order valence-electron chi connectivity index (χ0n) is 10.9. The molecule has 0 radical (unpaired) electrons. The molecule has 0 saturated carbocycles. The smallest absolute Gasteiger partial charge is 0.214 e. The van der Waals surface area contributed by atoms with Gasteiger partial charge < -0.3 is 5.32 Å². The van der Waals surface area contributed by atoms with Crippen LogP contribution in [0.25, 0.3) is 0 Å². The van der Waals surface area contributed by atoms with E-state index in [9.17, 15) is 9.18 Å². The summed E-state index contributed by atoms with van der Waals surface area (Å²) in [7, 11) is 0. The van der Waals surface area contributed by atoms with E-state index in [1.54, 1.807) is 10.9 Å². The van der Waals surface area contributed by atoms with Crippen LogP contribution in [0, 0.1) is 5.82 Å². The molecule has 2 heterocycles. The largest absolute Gasteiger partial charge is 0.317 e. The van der Waals surface area contributed by atoms with Crippen molar-refractivity contribution >= 4 is 5.78 Å². The standard InChI is InChI=1S/C14H15FN4O/c15-11-3-1-10(2-4-11)14(20)13-9-19(18-17-13)12-5-7-16-8-6-12/h1-4,9,12,16H,5-8H2. The van der Waals surface area contributed by atoms with Gasteiger partial charge in [0.2, 0.25) is 5.78 Å². The maximum Gasteiger partial charge on any atom is 0.214 e. The molecular formula is C14H15FN4O. The number of aromatic nitrogens is 3. The first kappa shape index (κ1) is 12.9. The summed E-state index contributed by atoms with van der Waals surface area (Å²) in [6.07, 6.45) is 3.64. The third kappa shape index (κ3) is 2.60. The summed E-state index contributed by atoms with van der Waals surface area (Å²) in [6.45, 7) is 1.90. The van der Waals surface area contributed by atoms with Gasteiger partial charge in [0, 0.05) is 5.56 Å². The lowest BCUT2D eigenvalue weighted by molar-refractivity contribution is 0.103. The van der Waals surface area contributed by atoms with Gasteiger partial charge in [0.25, 0.3) is 0 Å². The number of carbonyl (C=O) groups excluding carboxylic acids is 1. The first-order chi connectivity index (χ1) is 9.74. The molecule has 0 unspecified atom stereocenters. The Morgan fingerprint density at radius 3 is 2.65 bits per heavy atom. The SMILES string of the molecule is O=C(c1ccc(F)cc1)c1cn(C2CCNCC2)nn1. The van der Waals surface area contributed by atoms with Gasteiger partial charge in [-0.2, -0.15) is 0 Å². The Labute approximate surface area is 115 Å². The van der Waals surface area contributed by atoms with E-state index in [0.29, 0.717) is 17.3 Å². The molecule has 1 N–H and O–H groups in total. The molecule has 0 atom stereocenters. The van der Waals surface area contributed by atoms with Crippen LogP contribution >= 0.6 is 0 Å². The summed E-state index contributed by atoms with van der Waals surface area (Å²) < 4.78 is 14.6. The molecule has 0 amide bonds. The number of ketones is 1. The highest BCUT2D eigenvalue weighted by Gasteiger charge is 2.19. The van der Waals surface area contributed by atoms with E-state index >= 15 is 0 Å². The quantitative estimate of drug-likeness (QED) is 0.863. The molecule has 0 bridgehead atoms. The van der Waals surface area contributed by atoms with Crippen LogP contribution in [0.3, 0.4) is 0 Å². The van der Waals surface area contributed by atoms with Gasteiger partial charge in [0.15, 0.2) is 5.69 Å². The highest BCUT2D eigenvalue weighted by molar-refractivity contribution is 6.07. The molecule has 2 aromatic rings. The maximum atomic E-state index is 12.9. The van der Waals surface area contributed by atoms with Crippen LogP contribution in [0.1, 0.15) is 34.9 Å². The van der Waals surface area contributed by atoms with Gasteiger partial charge in [-0.15, -0.1) is 5.10 Å². The van der Waals surface area contributed by atoms with Crippen molar-refractivity contribution in [3.05, 3.63) is 47.5 Å². The number of carbonyl (C=O) groups is 1. The Morgan fingerprint density at radius 2 is 1.95 bits per heavy atom. The van der Waals surface area contributed by atoms with Gasteiger partial charge in [0.05, 0.1) is 12.2 Å². The van der Waals surface area contributed by atoms with Crippen LogP contribution in [0.4, 0.5) is 4.39 Å². The van der Waals surface area contributed by atoms with Crippen molar-refractivity contribution in [1.82, 2.24) is 20.3 Å². The number of rotatable bonds is 3. The summed E-state index contributed by atoms with van der Waals surface area (Å²) in [5.74, 6) is -0.593. The Kier molecular flexibility index (Phi) is 3.56. The third-order valence-electron chi connectivity index (χ3n) is 3.53. The van der Waals surface area contributed by atoms with Crippen LogP contribution < -0.4 is 5.32 Å². The maximum absolute atomic E-state index is 12.9. The van der Waals surface area contributed by atoms with Crippen molar-refractivity contribution in [3.8, 4) is 0 Å². The van der Waals surface area contributed by atoms with Gasteiger partial charge in [0.1, 0.15) is 5.82 Å². The molecule has 6 heteroatoms. The van der Waals surface area contributed by atoms with Crippen LogP contribution in [0.5, 0.6) is 0 Å². The van der Waals surface area contributed by atoms with Gasteiger partial charge in [-0.25, -0.2) is 9.07 Å². The number of nitrogens with one attached hydrogen (secondary N) is 1. The fourth-order valence-corrected chi connectivity index (χ4v) is 2.38. The van der Waals surface area contributed by atoms with Gasteiger partial charge in [-0.05, 0) is 50.2 Å². The number of halogens is 1. The van der Waals surface area contributed by atoms with E-state index in [0.717, 1.165) is 25.9 Å². The molecule has 104 valence electrons. The van der Waals surface area contributed by atoms with Crippen molar-refractivity contribution in [3.63, 3.8) is 0 Å². The molecule has 1 saturated heterocycles. The first-order valence-corrected chi connectivity index (χ1v) is 6.67. The summed E-state index contributed by atoms with van der Waals surface area (Å²) in [5, 5.41) is 11.3. The van der Waals surface area contributed by atoms with Gasteiger partial charge in [-0.3, -0.25) is 4.79 Å². The molecule has 20 heavy (non-hydrogen) atoms. The lowest BCUT2D eigenvalue weighted by atomic mass is 10.1. The second kappa shape index (κ2) is 5.50. The van der Waals surface area contributed by atoms with E-state index < -0.39 is 0 Å². The highest BCUT2D eigenvalue weighted by Crippen LogP contribution is 2.18. The van der Waals surface area contributed by atoms with Gasteiger partial charge in [-0.1, -0.05) is 5.21 Å². The van der Waals surface area contributed by atoms with Crippen molar-refractivity contribution in [2.45, 2.75) is 18.9 Å². The van der Waals surface area contributed by atoms with Crippen molar-refractivity contribution < 1.29 is 9.18 Å². The summed E-state index contributed by atoms with van der Waals surface area (Å²) in [6, 6.07) is 5.75. The average Bonchev–Trinajstić information content (AvgIpc) is 2.98. The molecule has 0 spiro atoms. The predicted molar refractivity (Wildman–Crippen MR) is 71.0 cm³/mol. The molecule has 0 aliphatic carbocycles. The number of piperidine rings is 1. The van der Waals surface area contributed by atoms with E-state index in [1.807, 2.05) is 0 Å². The summed E-state index contributed by atoms with van der Waals surface area (Å²) in [5.41, 5.74) is 0.721. The number of benzene rings is 1. The van der Waals surface area contributed by atoms with Crippen LogP contribution in [0.15, 0.2) is 30.5 Å². The summed E-state index contributed by atoms with van der Waals surface area (Å²) in [4.78, 5) is 12.2. The Morgan fingerprint density at radius 1 is 1.25 bits per heavy atom. The monoisotopic (exact) mass is 274 g/mol. The summed E-state index contributed by atoms with van der Waals surface area (Å²) >= 11 is 0. The first-order valence-electron chi connectivity index (χ1n) is 6.67. The zero-order chi connectivity index (χ0) is 13.9. The van der Waals surface area contributed by atoms with Crippen LogP contribution in [-0.4, -0.2) is 33.9 Å².